The second-order valence-corrected chi connectivity index (χ2v) is 8.19. The highest BCUT2D eigenvalue weighted by Crippen LogP contribution is 2.61. The molecule has 1 amide bonds. The lowest BCUT2D eigenvalue weighted by molar-refractivity contribution is -0.122. The molecular weight excluding hydrogens is 248 g/mol. The van der Waals surface area contributed by atoms with E-state index in [4.69, 9.17) is 0 Å². The van der Waals surface area contributed by atoms with Crippen LogP contribution < -0.4 is 5.43 Å². The molecule has 0 aromatic heterocycles. The van der Waals surface area contributed by atoms with Crippen molar-refractivity contribution >= 4 is 11.6 Å². The first kappa shape index (κ1) is 12.8. The minimum absolute atomic E-state index is 0.134. The molecule has 20 heavy (non-hydrogen) atoms. The first-order valence-electron chi connectivity index (χ1n) is 8.45. The molecule has 0 heterocycles. The molecule has 0 aliphatic heterocycles. The largest absolute Gasteiger partial charge is 0.273 e. The van der Waals surface area contributed by atoms with Crippen LogP contribution in [0.15, 0.2) is 5.10 Å². The van der Waals surface area contributed by atoms with Crippen molar-refractivity contribution in [3.63, 3.8) is 0 Å². The Morgan fingerprint density at radius 1 is 1.10 bits per heavy atom. The number of hydrogen-bond donors (Lipinski definition) is 1. The van der Waals surface area contributed by atoms with E-state index < -0.39 is 0 Å². The van der Waals surface area contributed by atoms with Gasteiger partial charge in [0.25, 0.3) is 0 Å². The Kier molecular flexibility index (Phi) is 2.94. The molecule has 5 saturated carbocycles. The molecule has 1 N–H and O–H groups in total. The fourth-order valence-corrected chi connectivity index (χ4v) is 5.68. The molecule has 0 unspecified atom stereocenters. The van der Waals surface area contributed by atoms with E-state index in [1.54, 1.807) is 0 Å². The van der Waals surface area contributed by atoms with E-state index >= 15 is 0 Å². The number of nitrogens with zero attached hydrogens (tertiary/aromatic N) is 1. The molecule has 0 aromatic rings. The Morgan fingerprint density at radius 3 is 2.15 bits per heavy atom. The predicted octanol–water partition coefficient (Wildman–Crippen LogP) is 3.50. The normalized spacial score (nSPS) is 42.9. The number of hydrazone groups is 1. The van der Waals surface area contributed by atoms with E-state index in [0.29, 0.717) is 5.41 Å². The maximum Gasteiger partial charge on any atom is 0.243 e. The molecule has 0 radical (unpaired) electrons. The second-order valence-electron chi connectivity index (χ2n) is 8.19. The molecule has 110 valence electrons. The van der Waals surface area contributed by atoms with Gasteiger partial charge in [0.1, 0.15) is 0 Å². The Balaban J connectivity index is 1.40. The van der Waals surface area contributed by atoms with Gasteiger partial charge in [0.05, 0.1) is 0 Å². The topological polar surface area (TPSA) is 41.5 Å². The Labute approximate surface area is 121 Å². The van der Waals surface area contributed by atoms with Crippen LogP contribution in [0.25, 0.3) is 0 Å². The van der Waals surface area contributed by atoms with Gasteiger partial charge >= 0.3 is 0 Å². The van der Waals surface area contributed by atoms with Crippen LogP contribution in [0.3, 0.4) is 0 Å². The van der Waals surface area contributed by atoms with Crippen molar-refractivity contribution in [2.75, 3.05) is 0 Å². The first-order chi connectivity index (χ1) is 9.62. The van der Waals surface area contributed by atoms with E-state index in [2.05, 4.69) is 17.5 Å². The van der Waals surface area contributed by atoms with Gasteiger partial charge in [-0.15, -0.1) is 0 Å². The Morgan fingerprint density at radius 2 is 1.65 bits per heavy atom. The van der Waals surface area contributed by atoms with E-state index in [0.717, 1.165) is 42.7 Å². The quantitative estimate of drug-likeness (QED) is 0.618. The third kappa shape index (κ3) is 2.40. The standard InChI is InChI=1S/C17H26N2O/c1-11(18-19-16(20)15-2-3-15)7-17-8-12-4-13(9-17)6-14(5-12)10-17/h12-15H,2-10H2,1H3,(H,19,20). The lowest BCUT2D eigenvalue weighted by Crippen LogP contribution is -2.46. The lowest BCUT2D eigenvalue weighted by Gasteiger charge is -2.57. The smallest absolute Gasteiger partial charge is 0.243 e. The summed E-state index contributed by atoms with van der Waals surface area (Å²) in [5.74, 6) is 3.38. The molecule has 5 aliphatic rings. The van der Waals surface area contributed by atoms with E-state index in [1.807, 2.05) is 0 Å². The van der Waals surface area contributed by atoms with Crippen LogP contribution in [0.1, 0.15) is 64.7 Å². The van der Waals surface area contributed by atoms with Gasteiger partial charge in [-0.05, 0) is 87.9 Å². The fraction of sp³-hybridized carbons (Fsp3) is 0.882. The van der Waals surface area contributed by atoms with Crippen LogP contribution in [-0.2, 0) is 4.79 Å². The maximum atomic E-state index is 11.7. The fourth-order valence-electron chi connectivity index (χ4n) is 5.68. The SMILES string of the molecule is CC(CC12CC3CC(CC(C3)C1)C2)=NNC(=O)C1CC1. The zero-order valence-corrected chi connectivity index (χ0v) is 12.5. The number of hydrogen-bond acceptors (Lipinski definition) is 2. The summed E-state index contributed by atoms with van der Waals surface area (Å²) < 4.78 is 0. The molecule has 5 fully saturated rings. The molecule has 4 bridgehead atoms. The summed E-state index contributed by atoms with van der Waals surface area (Å²) in [7, 11) is 0. The molecule has 0 saturated heterocycles. The Hall–Kier alpha value is -0.860. The summed E-state index contributed by atoms with van der Waals surface area (Å²) in [6.45, 7) is 2.10. The number of rotatable bonds is 4. The lowest BCUT2D eigenvalue weighted by atomic mass is 9.48. The average Bonchev–Trinajstić information content (AvgIpc) is 3.17. The molecule has 3 heteroatoms. The predicted molar refractivity (Wildman–Crippen MR) is 79.2 cm³/mol. The van der Waals surface area contributed by atoms with Crippen LogP contribution in [-0.4, -0.2) is 11.6 Å². The van der Waals surface area contributed by atoms with Crippen LogP contribution in [0.5, 0.6) is 0 Å². The third-order valence-electron chi connectivity index (χ3n) is 6.10. The zero-order valence-electron chi connectivity index (χ0n) is 12.5. The maximum absolute atomic E-state index is 11.7. The van der Waals surface area contributed by atoms with Gasteiger partial charge < -0.3 is 0 Å². The molecule has 5 rings (SSSR count). The van der Waals surface area contributed by atoms with Gasteiger partial charge in [0.2, 0.25) is 5.91 Å². The summed E-state index contributed by atoms with van der Waals surface area (Å²) in [5, 5.41) is 4.38. The molecule has 0 spiro atoms. The van der Waals surface area contributed by atoms with Crippen molar-refractivity contribution in [1.82, 2.24) is 5.43 Å². The number of nitrogens with one attached hydrogen (secondary N) is 1. The van der Waals surface area contributed by atoms with Crippen LogP contribution in [0.2, 0.25) is 0 Å². The van der Waals surface area contributed by atoms with Crippen molar-refractivity contribution < 1.29 is 4.79 Å². The third-order valence-corrected chi connectivity index (χ3v) is 6.10. The summed E-state index contributed by atoms with van der Waals surface area (Å²) in [4.78, 5) is 11.7. The van der Waals surface area contributed by atoms with Crippen molar-refractivity contribution in [3.05, 3.63) is 0 Å². The van der Waals surface area contributed by atoms with E-state index in [1.165, 1.54) is 38.5 Å². The van der Waals surface area contributed by atoms with Crippen LogP contribution in [0, 0.1) is 29.1 Å². The Bertz CT molecular complexity index is 415. The molecule has 0 atom stereocenters. The number of carbonyl (C=O) groups excluding carboxylic acids is 1. The van der Waals surface area contributed by atoms with Crippen molar-refractivity contribution in [2.24, 2.45) is 34.2 Å². The van der Waals surface area contributed by atoms with E-state index in [9.17, 15) is 4.79 Å². The number of amides is 1. The van der Waals surface area contributed by atoms with Gasteiger partial charge in [-0.2, -0.15) is 5.10 Å². The van der Waals surface area contributed by atoms with E-state index in [-0.39, 0.29) is 11.8 Å². The second kappa shape index (κ2) is 4.57. The molecule has 3 nitrogen and oxygen atoms in total. The summed E-state index contributed by atoms with van der Waals surface area (Å²) in [6.07, 6.45) is 12.0. The summed E-state index contributed by atoms with van der Waals surface area (Å²) >= 11 is 0. The minimum atomic E-state index is 0.134. The molecule has 0 aromatic carbocycles. The average molecular weight is 274 g/mol. The first-order valence-corrected chi connectivity index (χ1v) is 8.45. The summed E-state index contributed by atoms with van der Waals surface area (Å²) in [5.41, 5.74) is 4.45. The molecule has 5 aliphatic carbocycles. The van der Waals surface area contributed by atoms with Gasteiger partial charge in [-0.25, -0.2) is 5.43 Å². The van der Waals surface area contributed by atoms with Crippen LogP contribution in [0.4, 0.5) is 0 Å². The minimum Gasteiger partial charge on any atom is -0.273 e. The van der Waals surface area contributed by atoms with Crippen molar-refractivity contribution in [3.8, 4) is 0 Å². The van der Waals surface area contributed by atoms with Gasteiger partial charge in [0.15, 0.2) is 0 Å². The number of carbonyl (C=O) groups is 1. The monoisotopic (exact) mass is 274 g/mol. The molecular formula is C17H26N2O. The highest BCUT2D eigenvalue weighted by Gasteiger charge is 2.50. The van der Waals surface area contributed by atoms with Gasteiger partial charge in [-0.3, -0.25) is 4.79 Å². The van der Waals surface area contributed by atoms with Gasteiger partial charge in [-0.1, -0.05) is 0 Å². The summed E-state index contributed by atoms with van der Waals surface area (Å²) in [6, 6.07) is 0. The van der Waals surface area contributed by atoms with Gasteiger partial charge in [0, 0.05) is 11.6 Å². The zero-order chi connectivity index (χ0) is 13.7. The van der Waals surface area contributed by atoms with Crippen LogP contribution >= 0.6 is 0 Å². The highest BCUT2D eigenvalue weighted by atomic mass is 16.2. The van der Waals surface area contributed by atoms with Crippen molar-refractivity contribution in [2.45, 2.75) is 64.7 Å². The van der Waals surface area contributed by atoms with Crippen molar-refractivity contribution in [1.29, 1.82) is 0 Å². The highest BCUT2D eigenvalue weighted by molar-refractivity contribution is 5.86.